The van der Waals surface area contributed by atoms with E-state index in [9.17, 15) is 8.42 Å². The molecule has 108 valence electrons. The average molecular weight is 311 g/mol. The number of hydrogen-bond donors (Lipinski definition) is 2. The van der Waals surface area contributed by atoms with Gasteiger partial charge in [-0.25, -0.2) is 13.1 Å². The van der Waals surface area contributed by atoms with Gasteiger partial charge in [-0.15, -0.1) is 0 Å². The van der Waals surface area contributed by atoms with E-state index < -0.39 is 10.0 Å². The molecule has 2 aromatic rings. The molecule has 1 aromatic heterocycles. The van der Waals surface area contributed by atoms with E-state index in [2.05, 4.69) is 9.71 Å². The summed E-state index contributed by atoms with van der Waals surface area (Å²) in [6.45, 7) is 2.34. The zero-order valence-corrected chi connectivity index (χ0v) is 13.0. The van der Waals surface area contributed by atoms with Crippen LogP contribution in [0.25, 0.3) is 10.9 Å². The maximum Gasteiger partial charge on any atom is 0.242 e. The molecule has 0 saturated heterocycles. The van der Waals surface area contributed by atoms with Crippen LogP contribution in [0.5, 0.6) is 0 Å². The molecule has 0 spiro atoms. The van der Waals surface area contributed by atoms with E-state index >= 15 is 0 Å². The first-order chi connectivity index (χ1) is 9.45. The van der Waals surface area contributed by atoms with Crippen molar-refractivity contribution >= 4 is 38.4 Å². The summed E-state index contributed by atoms with van der Waals surface area (Å²) in [5.74, 6) is 0. The highest BCUT2D eigenvalue weighted by molar-refractivity contribution is 7.99. The number of benzene rings is 1. The Kier molecular flexibility index (Phi) is 4.52. The standard InChI is InChI=1S/C13H17N3O2S2/c1-9(19-2)8-16-20(17,18)12-6-5-11(14)10-4-3-7-15-13(10)12/h3-7,9,16H,8,14H2,1-2H3. The zero-order valence-electron chi connectivity index (χ0n) is 11.3. The van der Waals surface area contributed by atoms with Crippen molar-refractivity contribution in [3.05, 3.63) is 30.5 Å². The molecule has 20 heavy (non-hydrogen) atoms. The van der Waals surface area contributed by atoms with E-state index in [0.29, 0.717) is 23.1 Å². The molecule has 3 N–H and O–H groups in total. The lowest BCUT2D eigenvalue weighted by atomic mass is 10.2. The van der Waals surface area contributed by atoms with Crippen molar-refractivity contribution in [3.8, 4) is 0 Å². The fraction of sp³-hybridized carbons (Fsp3) is 0.308. The molecule has 0 bridgehead atoms. The predicted molar refractivity (Wildman–Crippen MR) is 84.3 cm³/mol. The number of thioether (sulfide) groups is 1. The number of nitrogens with one attached hydrogen (secondary N) is 1. The van der Waals surface area contributed by atoms with Crippen molar-refractivity contribution in [1.29, 1.82) is 0 Å². The molecule has 1 atom stereocenters. The second-order valence-electron chi connectivity index (χ2n) is 4.45. The highest BCUT2D eigenvalue weighted by atomic mass is 32.2. The largest absolute Gasteiger partial charge is 0.398 e. The minimum absolute atomic E-state index is 0.163. The first-order valence-corrected chi connectivity index (χ1v) is 8.88. The fourth-order valence-electron chi connectivity index (χ4n) is 1.77. The van der Waals surface area contributed by atoms with E-state index in [0.717, 1.165) is 0 Å². The van der Waals surface area contributed by atoms with Gasteiger partial charge in [0.05, 0.1) is 5.52 Å². The van der Waals surface area contributed by atoms with E-state index in [-0.39, 0.29) is 10.1 Å². The van der Waals surface area contributed by atoms with Crippen LogP contribution in [0.3, 0.4) is 0 Å². The molecule has 0 amide bonds. The molecule has 1 unspecified atom stereocenters. The normalized spacial score (nSPS) is 13.5. The smallest absolute Gasteiger partial charge is 0.242 e. The van der Waals surface area contributed by atoms with Gasteiger partial charge in [-0.1, -0.05) is 6.92 Å². The lowest BCUT2D eigenvalue weighted by Gasteiger charge is -2.12. The SMILES string of the molecule is CSC(C)CNS(=O)(=O)c1ccc(N)c2cccnc12. The van der Waals surface area contributed by atoms with Crippen molar-refractivity contribution in [2.45, 2.75) is 17.1 Å². The number of aromatic nitrogens is 1. The molecule has 0 saturated carbocycles. The van der Waals surface area contributed by atoms with Crippen LogP contribution in [0.2, 0.25) is 0 Å². The number of nitrogens with zero attached hydrogens (tertiary/aromatic N) is 1. The van der Waals surface area contributed by atoms with Gasteiger partial charge in [-0.2, -0.15) is 11.8 Å². The molecule has 1 heterocycles. The van der Waals surface area contributed by atoms with E-state index in [1.807, 2.05) is 13.2 Å². The Morgan fingerprint density at radius 3 is 2.85 bits per heavy atom. The van der Waals surface area contributed by atoms with Crippen LogP contribution in [0.15, 0.2) is 35.4 Å². The van der Waals surface area contributed by atoms with Crippen LogP contribution in [0, 0.1) is 0 Å². The Labute approximate surface area is 123 Å². The molecule has 0 aliphatic carbocycles. The third-order valence-corrected chi connectivity index (χ3v) is 5.45. The summed E-state index contributed by atoms with van der Waals surface area (Å²) in [5, 5.41) is 0.853. The third-order valence-electron chi connectivity index (χ3n) is 3.02. The van der Waals surface area contributed by atoms with Crippen LogP contribution in [-0.2, 0) is 10.0 Å². The number of nitrogen functional groups attached to an aromatic ring is 1. The number of rotatable bonds is 5. The molecule has 0 fully saturated rings. The highest BCUT2D eigenvalue weighted by Crippen LogP contribution is 2.25. The minimum Gasteiger partial charge on any atom is -0.398 e. The molecule has 0 aliphatic rings. The number of pyridine rings is 1. The van der Waals surface area contributed by atoms with Gasteiger partial charge in [0.15, 0.2) is 0 Å². The zero-order chi connectivity index (χ0) is 14.8. The van der Waals surface area contributed by atoms with Crippen LogP contribution in [0.4, 0.5) is 5.69 Å². The van der Waals surface area contributed by atoms with Crippen molar-refractivity contribution in [1.82, 2.24) is 9.71 Å². The number of fused-ring (bicyclic) bond motifs is 1. The van der Waals surface area contributed by atoms with Gasteiger partial charge in [0.25, 0.3) is 0 Å². The Balaban J connectivity index is 2.45. The molecule has 0 radical (unpaired) electrons. The fourth-order valence-corrected chi connectivity index (χ4v) is 3.42. The first kappa shape index (κ1) is 15.1. The van der Waals surface area contributed by atoms with Gasteiger partial charge in [0.1, 0.15) is 4.90 Å². The van der Waals surface area contributed by atoms with Crippen LogP contribution in [0.1, 0.15) is 6.92 Å². The topological polar surface area (TPSA) is 85.1 Å². The van der Waals surface area contributed by atoms with E-state index in [1.165, 1.54) is 6.07 Å². The number of hydrogen-bond acceptors (Lipinski definition) is 5. The van der Waals surface area contributed by atoms with Gasteiger partial charge >= 0.3 is 0 Å². The van der Waals surface area contributed by atoms with Crippen molar-refractivity contribution in [2.24, 2.45) is 0 Å². The third kappa shape index (κ3) is 3.05. The van der Waals surface area contributed by atoms with Gasteiger partial charge in [-0.05, 0) is 30.5 Å². The van der Waals surface area contributed by atoms with Crippen LogP contribution in [-0.4, -0.2) is 31.5 Å². The molecule has 5 nitrogen and oxygen atoms in total. The van der Waals surface area contributed by atoms with Crippen LogP contribution < -0.4 is 10.5 Å². The summed E-state index contributed by atoms with van der Waals surface area (Å²) in [5.41, 5.74) is 6.77. The van der Waals surface area contributed by atoms with Gasteiger partial charge < -0.3 is 5.73 Å². The quantitative estimate of drug-likeness (QED) is 0.823. The lowest BCUT2D eigenvalue weighted by molar-refractivity contribution is 0.582. The second kappa shape index (κ2) is 5.99. The average Bonchev–Trinajstić information content (AvgIpc) is 2.45. The number of anilines is 1. The summed E-state index contributed by atoms with van der Waals surface area (Å²) in [6.07, 6.45) is 3.50. The van der Waals surface area contributed by atoms with E-state index in [4.69, 9.17) is 5.73 Å². The lowest BCUT2D eigenvalue weighted by Crippen LogP contribution is -2.29. The van der Waals surface area contributed by atoms with Gasteiger partial charge in [0.2, 0.25) is 10.0 Å². The summed E-state index contributed by atoms with van der Waals surface area (Å²) in [7, 11) is -3.59. The van der Waals surface area contributed by atoms with Crippen molar-refractivity contribution in [3.63, 3.8) is 0 Å². The molecular weight excluding hydrogens is 294 g/mol. The maximum atomic E-state index is 12.4. The highest BCUT2D eigenvalue weighted by Gasteiger charge is 2.19. The monoisotopic (exact) mass is 311 g/mol. The van der Waals surface area contributed by atoms with Crippen LogP contribution >= 0.6 is 11.8 Å². The number of sulfonamides is 1. The van der Waals surface area contributed by atoms with Gasteiger partial charge in [0, 0.05) is 29.1 Å². The summed E-state index contributed by atoms with van der Waals surface area (Å²) in [4.78, 5) is 4.31. The first-order valence-electron chi connectivity index (χ1n) is 6.11. The number of nitrogens with two attached hydrogens (primary N) is 1. The maximum absolute atomic E-state index is 12.4. The molecule has 7 heteroatoms. The second-order valence-corrected chi connectivity index (χ2v) is 7.46. The molecule has 1 aromatic carbocycles. The van der Waals surface area contributed by atoms with Gasteiger partial charge in [-0.3, -0.25) is 4.98 Å². The predicted octanol–water partition coefficient (Wildman–Crippen LogP) is 1.85. The van der Waals surface area contributed by atoms with Crippen molar-refractivity contribution in [2.75, 3.05) is 18.5 Å². The Morgan fingerprint density at radius 2 is 2.15 bits per heavy atom. The summed E-state index contributed by atoms with van der Waals surface area (Å²) >= 11 is 1.60. The molecule has 2 rings (SSSR count). The summed E-state index contributed by atoms with van der Waals surface area (Å²) < 4.78 is 27.4. The Hall–Kier alpha value is -1.31. The molecular formula is C13H17N3O2S2. The van der Waals surface area contributed by atoms with E-state index in [1.54, 1.807) is 36.2 Å². The van der Waals surface area contributed by atoms with Crippen molar-refractivity contribution < 1.29 is 8.42 Å². The minimum atomic E-state index is -3.59. The summed E-state index contributed by atoms with van der Waals surface area (Å²) in [6, 6.07) is 6.59. The Morgan fingerprint density at radius 1 is 1.40 bits per heavy atom. The molecule has 0 aliphatic heterocycles. The Bertz CT molecular complexity index is 717.